The van der Waals surface area contributed by atoms with E-state index in [4.69, 9.17) is 4.74 Å². The van der Waals surface area contributed by atoms with Crippen molar-refractivity contribution in [3.63, 3.8) is 0 Å². The van der Waals surface area contributed by atoms with Crippen molar-refractivity contribution in [3.05, 3.63) is 71.3 Å². The van der Waals surface area contributed by atoms with Gasteiger partial charge in [-0.25, -0.2) is 4.39 Å². The fourth-order valence-electron chi connectivity index (χ4n) is 2.62. The van der Waals surface area contributed by atoms with Gasteiger partial charge in [0.05, 0.1) is 0 Å². The maximum Gasteiger partial charge on any atom is 0.191 e. The first-order valence-electron chi connectivity index (χ1n) is 8.59. The van der Waals surface area contributed by atoms with Crippen LogP contribution in [0.15, 0.2) is 53.7 Å². The molecule has 0 aliphatic heterocycles. The van der Waals surface area contributed by atoms with E-state index in [1.54, 1.807) is 12.1 Å². The van der Waals surface area contributed by atoms with Crippen LogP contribution in [0.5, 0.6) is 5.75 Å². The Kier molecular flexibility index (Phi) is 5.93. The van der Waals surface area contributed by atoms with Gasteiger partial charge in [0.1, 0.15) is 11.6 Å². The Morgan fingerprint density at radius 2 is 1.85 bits per heavy atom. The van der Waals surface area contributed by atoms with Crippen molar-refractivity contribution in [2.45, 2.75) is 37.3 Å². The van der Waals surface area contributed by atoms with E-state index in [0.717, 1.165) is 23.2 Å². The molecule has 2 aromatic carbocycles. The predicted molar refractivity (Wildman–Crippen MR) is 102 cm³/mol. The largest absolute Gasteiger partial charge is 0.483 e. The molecule has 3 aromatic rings. The van der Waals surface area contributed by atoms with Gasteiger partial charge in [-0.15, -0.1) is 10.2 Å². The molecule has 0 amide bonds. The summed E-state index contributed by atoms with van der Waals surface area (Å²) in [5, 5.41) is 9.21. The standard InChI is InChI=1S/C20H22FN3OS/c1-4-15-9-11-17(12-10-15)25-14(2)19-22-23-20(24(19)3)26-13-16-7-5-6-8-18(16)21/h5-12,14H,4,13H2,1-3H3. The molecular formula is C20H22FN3OS. The van der Waals surface area contributed by atoms with E-state index in [0.29, 0.717) is 11.3 Å². The lowest BCUT2D eigenvalue weighted by molar-refractivity contribution is 0.211. The van der Waals surface area contributed by atoms with Crippen LogP contribution in [0.1, 0.15) is 36.9 Å². The zero-order valence-corrected chi connectivity index (χ0v) is 16.0. The number of aromatic nitrogens is 3. The van der Waals surface area contributed by atoms with Crippen LogP contribution >= 0.6 is 11.8 Å². The number of benzene rings is 2. The number of hydrogen-bond acceptors (Lipinski definition) is 4. The molecule has 0 saturated heterocycles. The lowest BCUT2D eigenvalue weighted by atomic mass is 10.2. The Labute approximate surface area is 157 Å². The fourth-order valence-corrected chi connectivity index (χ4v) is 3.53. The third-order valence-electron chi connectivity index (χ3n) is 4.19. The zero-order chi connectivity index (χ0) is 18.5. The van der Waals surface area contributed by atoms with Gasteiger partial charge < -0.3 is 9.30 Å². The van der Waals surface area contributed by atoms with Crippen LogP contribution in [0, 0.1) is 5.82 Å². The molecule has 1 heterocycles. The van der Waals surface area contributed by atoms with Gasteiger partial charge >= 0.3 is 0 Å². The van der Waals surface area contributed by atoms with Gasteiger partial charge in [0.15, 0.2) is 17.1 Å². The normalized spacial score (nSPS) is 12.2. The van der Waals surface area contributed by atoms with Crippen LogP contribution in [0.25, 0.3) is 0 Å². The van der Waals surface area contributed by atoms with Gasteiger partial charge in [-0.1, -0.05) is 49.0 Å². The molecule has 136 valence electrons. The lowest BCUT2D eigenvalue weighted by Gasteiger charge is -2.14. The van der Waals surface area contributed by atoms with E-state index >= 15 is 0 Å². The third-order valence-corrected chi connectivity index (χ3v) is 5.26. The second kappa shape index (κ2) is 8.36. The summed E-state index contributed by atoms with van der Waals surface area (Å²) >= 11 is 1.46. The predicted octanol–water partition coefficient (Wildman–Crippen LogP) is 4.95. The Morgan fingerprint density at radius 1 is 1.12 bits per heavy atom. The summed E-state index contributed by atoms with van der Waals surface area (Å²) < 4.78 is 21.6. The quantitative estimate of drug-likeness (QED) is 0.551. The number of aryl methyl sites for hydroxylation is 1. The van der Waals surface area contributed by atoms with E-state index < -0.39 is 0 Å². The number of hydrogen-bond donors (Lipinski definition) is 0. The molecule has 0 aliphatic carbocycles. The first-order chi connectivity index (χ1) is 12.6. The Hall–Kier alpha value is -2.34. The highest BCUT2D eigenvalue weighted by atomic mass is 32.2. The van der Waals surface area contributed by atoms with E-state index in [-0.39, 0.29) is 11.9 Å². The summed E-state index contributed by atoms with van der Waals surface area (Å²) in [6, 6.07) is 14.8. The first kappa shape index (κ1) is 18.5. The summed E-state index contributed by atoms with van der Waals surface area (Å²) in [7, 11) is 1.90. The van der Waals surface area contributed by atoms with Crippen LogP contribution < -0.4 is 4.74 Å². The van der Waals surface area contributed by atoms with Crippen molar-refractivity contribution in [3.8, 4) is 5.75 Å². The topological polar surface area (TPSA) is 39.9 Å². The molecule has 1 atom stereocenters. The summed E-state index contributed by atoms with van der Waals surface area (Å²) in [4.78, 5) is 0. The SMILES string of the molecule is CCc1ccc(OC(C)c2nnc(SCc3ccccc3F)n2C)cc1. The van der Waals surface area contributed by atoms with Gasteiger partial charge in [-0.2, -0.15) is 0 Å². The number of halogens is 1. The number of ether oxygens (including phenoxy) is 1. The Balaban J connectivity index is 1.66. The minimum atomic E-state index is -0.234. The van der Waals surface area contributed by atoms with Gasteiger partial charge in [-0.3, -0.25) is 0 Å². The van der Waals surface area contributed by atoms with Crippen molar-refractivity contribution in [1.29, 1.82) is 0 Å². The molecule has 1 unspecified atom stereocenters. The van der Waals surface area contributed by atoms with E-state index in [2.05, 4.69) is 29.3 Å². The molecule has 3 rings (SSSR count). The third kappa shape index (κ3) is 4.25. The van der Waals surface area contributed by atoms with Crippen molar-refractivity contribution in [2.24, 2.45) is 7.05 Å². The van der Waals surface area contributed by atoms with Crippen molar-refractivity contribution < 1.29 is 9.13 Å². The zero-order valence-electron chi connectivity index (χ0n) is 15.1. The summed E-state index contributed by atoms with van der Waals surface area (Å²) in [6.45, 7) is 4.07. The number of rotatable bonds is 7. The van der Waals surface area contributed by atoms with Crippen LogP contribution in [0.2, 0.25) is 0 Å². The van der Waals surface area contributed by atoms with Gasteiger partial charge in [0.25, 0.3) is 0 Å². The average Bonchev–Trinajstić information content (AvgIpc) is 3.02. The second-order valence-electron chi connectivity index (χ2n) is 6.04. The maximum absolute atomic E-state index is 13.7. The van der Waals surface area contributed by atoms with Crippen LogP contribution in [0.3, 0.4) is 0 Å². The van der Waals surface area contributed by atoms with Crippen molar-refractivity contribution in [1.82, 2.24) is 14.8 Å². The minimum Gasteiger partial charge on any atom is -0.483 e. The van der Waals surface area contributed by atoms with Gasteiger partial charge in [0, 0.05) is 12.8 Å². The molecule has 0 fully saturated rings. The Bertz CT molecular complexity index is 864. The molecule has 26 heavy (non-hydrogen) atoms. The Morgan fingerprint density at radius 3 is 2.54 bits per heavy atom. The monoisotopic (exact) mass is 371 g/mol. The minimum absolute atomic E-state index is 0.199. The summed E-state index contributed by atoms with van der Waals surface area (Å²) in [5.74, 6) is 1.85. The molecular weight excluding hydrogens is 349 g/mol. The molecule has 0 N–H and O–H groups in total. The highest BCUT2D eigenvalue weighted by molar-refractivity contribution is 7.98. The van der Waals surface area contributed by atoms with Crippen LogP contribution in [0.4, 0.5) is 4.39 Å². The molecule has 4 nitrogen and oxygen atoms in total. The molecule has 0 spiro atoms. The van der Waals surface area contributed by atoms with Crippen LogP contribution in [-0.4, -0.2) is 14.8 Å². The van der Waals surface area contributed by atoms with Crippen molar-refractivity contribution >= 4 is 11.8 Å². The highest BCUT2D eigenvalue weighted by Gasteiger charge is 2.17. The van der Waals surface area contributed by atoms with E-state index in [1.165, 1.54) is 23.4 Å². The molecule has 0 radical (unpaired) electrons. The van der Waals surface area contributed by atoms with Crippen LogP contribution in [-0.2, 0) is 19.2 Å². The van der Waals surface area contributed by atoms with Gasteiger partial charge in [0.2, 0.25) is 0 Å². The maximum atomic E-state index is 13.7. The van der Waals surface area contributed by atoms with Crippen molar-refractivity contribution in [2.75, 3.05) is 0 Å². The first-order valence-corrected chi connectivity index (χ1v) is 9.58. The smallest absolute Gasteiger partial charge is 0.191 e. The van der Waals surface area contributed by atoms with E-state index in [9.17, 15) is 4.39 Å². The molecule has 0 saturated carbocycles. The molecule has 0 bridgehead atoms. The van der Waals surface area contributed by atoms with Gasteiger partial charge in [-0.05, 0) is 42.7 Å². The second-order valence-corrected chi connectivity index (χ2v) is 6.98. The summed E-state index contributed by atoms with van der Waals surface area (Å²) in [6.07, 6.45) is 0.768. The molecule has 0 aliphatic rings. The van der Waals surface area contributed by atoms with E-state index in [1.807, 2.05) is 36.7 Å². The lowest BCUT2D eigenvalue weighted by Crippen LogP contribution is -2.10. The average molecular weight is 371 g/mol. The fraction of sp³-hybridized carbons (Fsp3) is 0.300. The molecule has 1 aromatic heterocycles. The number of nitrogens with zero attached hydrogens (tertiary/aromatic N) is 3. The highest BCUT2D eigenvalue weighted by Crippen LogP contribution is 2.26. The number of thioether (sulfide) groups is 1. The molecule has 6 heteroatoms. The summed E-state index contributed by atoms with van der Waals surface area (Å²) in [5.41, 5.74) is 1.93.